The number of nitrogens with zero attached hydrogens (tertiary/aromatic N) is 4. The molecule has 12 nitrogen and oxygen atoms in total. The average Bonchev–Trinajstić information content (AvgIpc) is 3.45. The molecule has 1 unspecified atom stereocenters. The van der Waals surface area contributed by atoms with Crippen LogP contribution in [0.4, 0.5) is 5.82 Å². The fraction of sp³-hybridized carbons (Fsp3) is 0.619. The zero-order valence-electron chi connectivity index (χ0n) is 19.1. The van der Waals surface area contributed by atoms with Crippen molar-refractivity contribution in [1.82, 2.24) is 19.7 Å². The van der Waals surface area contributed by atoms with Gasteiger partial charge < -0.3 is 15.2 Å². The first-order chi connectivity index (χ1) is 16.0. The van der Waals surface area contributed by atoms with Crippen LogP contribution in [0.25, 0.3) is 0 Å². The third-order valence-electron chi connectivity index (χ3n) is 6.22. The molecule has 34 heavy (non-hydrogen) atoms. The maximum atomic E-state index is 13.2. The molecule has 2 fully saturated rings. The van der Waals surface area contributed by atoms with Crippen LogP contribution in [0, 0.1) is 5.92 Å². The molecular weight excluding hydrogens is 464 g/mol. The van der Waals surface area contributed by atoms with Gasteiger partial charge in [0.25, 0.3) is 0 Å². The highest BCUT2D eigenvalue weighted by Crippen LogP contribution is 2.31. The van der Waals surface area contributed by atoms with Crippen LogP contribution in [0.3, 0.4) is 0 Å². The Morgan fingerprint density at radius 1 is 1.41 bits per heavy atom. The molecular formula is C21H30N6O6S. The summed E-state index contributed by atoms with van der Waals surface area (Å²) in [4.78, 5) is 21.3. The van der Waals surface area contributed by atoms with E-state index in [-0.39, 0.29) is 41.4 Å². The number of ether oxygens (including phenoxy) is 1. The van der Waals surface area contributed by atoms with Crippen molar-refractivity contribution in [3.05, 3.63) is 36.0 Å². The SMILES string of the molecule is CC1(C)CCC(Cn2ccc(C(=O)c3cncnc3N[C@@H]3C[C@H](COS(N)(=O)=O)[C@@H](O)C3)n2)O1. The number of nitrogens with two attached hydrogens (primary N) is 1. The standard InChI is InChI=1S/C21H30N6O6S/c1-21(2)5-3-15(33-21)10-27-6-4-17(26-27)19(29)16-9-23-12-24-20(16)25-14-7-13(18(28)8-14)11-32-34(22,30)31/h4,6,9,12-15,18,28H,3,5,7-8,10-11H2,1-2H3,(H2,22,30,31)(H,23,24,25)/t13-,14-,15?,18+/m1/s1. The summed E-state index contributed by atoms with van der Waals surface area (Å²) < 4.78 is 34.4. The molecule has 2 aliphatic rings. The Kier molecular flexibility index (Phi) is 7.01. The topological polar surface area (TPSA) is 172 Å². The third kappa shape index (κ3) is 6.16. The van der Waals surface area contributed by atoms with Gasteiger partial charge in [-0.2, -0.15) is 13.5 Å². The molecule has 0 bridgehead atoms. The lowest BCUT2D eigenvalue weighted by Gasteiger charge is -2.19. The molecule has 2 aromatic rings. The fourth-order valence-corrected chi connectivity index (χ4v) is 4.89. The van der Waals surface area contributed by atoms with Gasteiger partial charge in [-0.3, -0.25) is 13.7 Å². The molecule has 4 rings (SSSR count). The minimum atomic E-state index is -4.09. The van der Waals surface area contributed by atoms with E-state index in [0.717, 1.165) is 12.8 Å². The van der Waals surface area contributed by atoms with Crippen molar-refractivity contribution in [2.75, 3.05) is 11.9 Å². The molecule has 0 spiro atoms. The Morgan fingerprint density at radius 3 is 2.91 bits per heavy atom. The highest BCUT2D eigenvalue weighted by molar-refractivity contribution is 7.84. The Hall–Kier alpha value is -2.45. The van der Waals surface area contributed by atoms with Gasteiger partial charge in [0.15, 0.2) is 0 Å². The van der Waals surface area contributed by atoms with E-state index in [4.69, 9.17) is 9.88 Å². The summed E-state index contributed by atoms with van der Waals surface area (Å²) >= 11 is 0. The van der Waals surface area contributed by atoms with Crippen molar-refractivity contribution in [2.45, 2.75) is 69.9 Å². The fourth-order valence-electron chi connectivity index (χ4n) is 4.52. The summed E-state index contributed by atoms with van der Waals surface area (Å²) in [5.41, 5.74) is 0.376. The highest BCUT2D eigenvalue weighted by Gasteiger charge is 2.35. The van der Waals surface area contributed by atoms with E-state index < -0.39 is 22.3 Å². The van der Waals surface area contributed by atoms with Gasteiger partial charge in [-0.1, -0.05) is 0 Å². The number of rotatable bonds is 9. The number of aromatic nitrogens is 4. The summed E-state index contributed by atoms with van der Waals surface area (Å²) in [5.74, 6) is -0.432. The number of hydrogen-bond donors (Lipinski definition) is 3. The van der Waals surface area contributed by atoms with Crippen LogP contribution >= 0.6 is 0 Å². The molecule has 186 valence electrons. The number of nitrogens with one attached hydrogen (secondary N) is 1. The van der Waals surface area contributed by atoms with E-state index in [1.807, 2.05) is 0 Å². The van der Waals surface area contributed by atoms with E-state index >= 15 is 0 Å². The van der Waals surface area contributed by atoms with E-state index in [0.29, 0.717) is 25.2 Å². The number of aliphatic hydroxyl groups is 1. The summed E-state index contributed by atoms with van der Waals surface area (Å²) in [6.07, 6.45) is 6.44. The van der Waals surface area contributed by atoms with Gasteiger partial charge in [-0.05, 0) is 45.6 Å². The Balaban J connectivity index is 1.41. The summed E-state index contributed by atoms with van der Waals surface area (Å²) in [5, 5.41) is 22.7. The lowest BCUT2D eigenvalue weighted by molar-refractivity contribution is -0.0230. The largest absolute Gasteiger partial charge is 0.393 e. The Labute approximate surface area is 198 Å². The van der Waals surface area contributed by atoms with Crippen molar-refractivity contribution >= 4 is 21.9 Å². The smallest absolute Gasteiger partial charge is 0.333 e. The number of anilines is 1. The predicted molar refractivity (Wildman–Crippen MR) is 121 cm³/mol. The van der Waals surface area contributed by atoms with E-state index in [2.05, 4.69) is 38.4 Å². The second-order valence-electron chi connectivity index (χ2n) is 9.49. The van der Waals surface area contributed by atoms with E-state index in [1.54, 1.807) is 16.9 Å². The predicted octanol–water partition coefficient (Wildman–Crippen LogP) is 0.633. The van der Waals surface area contributed by atoms with Crippen LogP contribution < -0.4 is 10.5 Å². The molecule has 1 saturated carbocycles. The van der Waals surface area contributed by atoms with Crippen LogP contribution in [-0.4, -0.2) is 69.5 Å². The van der Waals surface area contributed by atoms with Crippen molar-refractivity contribution in [1.29, 1.82) is 0 Å². The first-order valence-corrected chi connectivity index (χ1v) is 12.6. The molecule has 1 saturated heterocycles. The van der Waals surface area contributed by atoms with Crippen molar-refractivity contribution < 1.29 is 27.2 Å². The number of aliphatic hydroxyl groups excluding tert-OH is 1. The van der Waals surface area contributed by atoms with Crippen LogP contribution in [0.1, 0.15) is 55.6 Å². The molecule has 2 aromatic heterocycles. The van der Waals surface area contributed by atoms with Gasteiger partial charge in [-0.25, -0.2) is 15.1 Å². The van der Waals surface area contributed by atoms with Crippen LogP contribution in [0.5, 0.6) is 0 Å². The molecule has 0 radical (unpaired) electrons. The highest BCUT2D eigenvalue weighted by atomic mass is 32.2. The van der Waals surface area contributed by atoms with Crippen molar-refractivity contribution in [2.24, 2.45) is 11.1 Å². The van der Waals surface area contributed by atoms with Gasteiger partial charge in [0.05, 0.1) is 36.5 Å². The van der Waals surface area contributed by atoms with Gasteiger partial charge >= 0.3 is 10.3 Å². The Bertz CT molecular complexity index is 1140. The average molecular weight is 495 g/mol. The number of ketones is 1. The minimum Gasteiger partial charge on any atom is -0.393 e. The molecule has 1 aliphatic heterocycles. The first kappa shape index (κ1) is 24.7. The molecule has 1 aliphatic carbocycles. The molecule has 4 atom stereocenters. The second-order valence-corrected chi connectivity index (χ2v) is 10.7. The molecule has 0 amide bonds. The zero-order chi connectivity index (χ0) is 24.5. The van der Waals surface area contributed by atoms with Crippen LogP contribution in [0.15, 0.2) is 24.8 Å². The minimum absolute atomic E-state index is 0.0510. The second kappa shape index (κ2) is 9.66. The summed E-state index contributed by atoms with van der Waals surface area (Å²) in [6, 6.07) is 1.41. The normalized spacial score (nSPS) is 26.6. The molecule has 3 heterocycles. The van der Waals surface area contributed by atoms with Gasteiger partial charge in [0, 0.05) is 24.4 Å². The summed E-state index contributed by atoms with van der Waals surface area (Å²) in [7, 11) is -4.09. The molecule has 4 N–H and O–H groups in total. The number of carbonyl (C=O) groups excluding carboxylic acids is 1. The van der Waals surface area contributed by atoms with Crippen LogP contribution in [-0.2, 0) is 25.8 Å². The van der Waals surface area contributed by atoms with Crippen molar-refractivity contribution in [3.8, 4) is 0 Å². The molecule has 0 aromatic carbocycles. The summed E-state index contributed by atoms with van der Waals surface area (Å²) in [6.45, 7) is 4.48. The lowest BCUT2D eigenvalue weighted by atomic mass is 10.1. The Morgan fingerprint density at radius 2 is 2.21 bits per heavy atom. The third-order valence-corrected chi connectivity index (χ3v) is 6.68. The quantitative estimate of drug-likeness (QED) is 0.420. The van der Waals surface area contributed by atoms with Gasteiger partial charge in [0.2, 0.25) is 5.78 Å². The first-order valence-electron chi connectivity index (χ1n) is 11.2. The maximum absolute atomic E-state index is 13.2. The number of carbonyl (C=O) groups is 1. The molecule has 13 heteroatoms. The monoisotopic (exact) mass is 494 g/mol. The maximum Gasteiger partial charge on any atom is 0.333 e. The van der Waals surface area contributed by atoms with E-state index in [9.17, 15) is 18.3 Å². The van der Waals surface area contributed by atoms with Crippen molar-refractivity contribution in [3.63, 3.8) is 0 Å². The number of hydrogen-bond acceptors (Lipinski definition) is 10. The van der Waals surface area contributed by atoms with E-state index in [1.165, 1.54) is 12.5 Å². The van der Waals surface area contributed by atoms with Gasteiger partial charge in [-0.15, -0.1) is 0 Å². The zero-order valence-corrected chi connectivity index (χ0v) is 19.9. The van der Waals surface area contributed by atoms with Gasteiger partial charge in [0.1, 0.15) is 17.8 Å². The van der Waals surface area contributed by atoms with Crippen LogP contribution in [0.2, 0.25) is 0 Å². The lowest BCUT2D eigenvalue weighted by Crippen LogP contribution is -2.24.